The van der Waals surface area contributed by atoms with Gasteiger partial charge in [-0.25, -0.2) is 4.98 Å². The lowest BCUT2D eigenvalue weighted by Gasteiger charge is -2.20. The van der Waals surface area contributed by atoms with Crippen LogP contribution in [0.2, 0.25) is 0 Å². The Balaban J connectivity index is 2.04. The topological polar surface area (TPSA) is 55.1 Å². The lowest BCUT2D eigenvalue weighted by atomic mass is 9.94. The van der Waals surface area contributed by atoms with Gasteiger partial charge in [-0.1, -0.05) is 25.5 Å². The van der Waals surface area contributed by atoms with Gasteiger partial charge in [0.15, 0.2) is 12.1 Å². The fourth-order valence-corrected chi connectivity index (χ4v) is 2.45. The highest BCUT2D eigenvalue weighted by Gasteiger charge is 2.21. The maximum atomic E-state index is 12.2. The Labute approximate surface area is 114 Å². The summed E-state index contributed by atoms with van der Waals surface area (Å²) in [5.74, 6) is 0.672. The van der Waals surface area contributed by atoms with E-state index in [1.54, 1.807) is 0 Å². The normalized spacial score (nSPS) is 17.2. The van der Waals surface area contributed by atoms with Crippen LogP contribution >= 0.6 is 0 Å². The Morgan fingerprint density at radius 1 is 1.37 bits per heavy atom. The lowest BCUT2D eigenvalue weighted by Crippen LogP contribution is -2.35. The van der Waals surface area contributed by atoms with Crippen molar-refractivity contribution in [2.75, 3.05) is 0 Å². The molecule has 1 atom stereocenters. The average Bonchev–Trinajstić information content (AvgIpc) is 2.89. The smallest absolute Gasteiger partial charge is 0.274 e. The van der Waals surface area contributed by atoms with Crippen molar-refractivity contribution < 1.29 is 9.21 Å². The second-order valence-corrected chi connectivity index (χ2v) is 5.44. The van der Waals surface area contributed by atoms with Crippen molar-refractivity contribution in [1.29, 1.82) is 0 Å². The third kappa shape index (κ3) is 3.25. The van der Waals surface area contributed by atoms with Gasteiger partial charge < -0.3 is 9.73 Å². The minimum Gasteiger partial charge on any atom is -0.447 e. The maximum Gasteiger partial charge on any atom is 0.274 e. The molecule has 0 radical (unpaired) electrons. The molecular weight excluding hydrogens is 240 g/mol. The highest BCUT2D eigenvalue weighted by molar-refractivity contribution is 5.93. The van der Waals surface area contributed by atoms with E-state index in [9.17, 15) is 4.79 Å². The molecule has 1 aliphatic carbocycles. The molecule has 1 unspecified atom stereocenters. The van der Waals surface area contributed by atoms with Gasteiger partial charge in [-0.05, 0) is 32.6 Å². The van der Waals surface area contributed by atoms with Gasteiger partial charge in [0.2, 0.25) is 0 Å². The fourth-order valence-electron chi connectivity index (χ4n) is 2.45. The number of carbonyl (C=O) groups excluding carboxylic acids is 1. The second-order valence-electron chi connectivity index (χ2n) is 5.44. The van der Waals surface area contributed by atoms with E-state index in [1.807, 2.05) is 20.8 Å². The second kappa shape index (κ2) is 6.04. The monoisotopic (exact) mass is 262 g/mol. The summed E-state index contributed by atoms with van der Waals surface area (Å²) in [5, 5.41) is 3.02. The predicted molar refractivity (Wildman–Crippen MR) is 74.1 cm³/mol. The Morgan fingerprint density at radius 3 is 2.79 bits per heavy atom. The van der Waals surface area contributed by atoms with Gasteiger partial charge in [0.25, 0.3) is 5.91 Å². The molecule has 4 nitrogen and oxygen atoms in total. The Bertz CT molecular complexity index is 474. The van der Waals surface area contributed by atoms with Crippen LogP contribution in [0.15, 0.2) is 22.5 Å². The van der Waals surface area contributed by atoms with E-state index >= 15 is 0 Å². The van der Waals surface area contributed by atoms with Crippen LogP contribution < -0.4 is 5.32 Å². The van der Waals surface area contributed by atoms with Gasteiger partial charge in [0, 0.05) is 12.0 Å². The molecule has 0 bridgehead atoms. The first-order chi connectivity index (χ1) is 9.09. The molecule has 2 rings (SSSR count). The third-order valence-corrected chi connectivity index (χ3v) is 3.56. The SMILES string of the molecule is CC(NC(=O)c1ncoc1C(C)C)C1=CCCCC1. The summed E-state index contributed by atoms with van der Waals surface area (Å²) in [6.45, 7) is 6.01. The van der Waals surface area contributed by atoms with Crippen molar-refractivity contribution in [2.24, 2.45) is 0 Å². The van der Waals surface area contributed by atoms with Crippen LogP contribution in [0.1, 0.15) is 68.6 Å². The minimum absolute atomic E-state index is 0.0736. The van der Waals surface area contributed by atoms with E-state index in [4.69, 9.17) is 4.42 Å². The van der Waals surface area contributed by atoms with Crippen molar-refractivity contribution in [2.45, 2.75) is 58.4 Å². The van der Waals surface area contributed by atoms with E-state index in [-0.39, 0.29) is 17.9 Å². The number of hydrogen-bond acceptors (Lipinski definition) is 3. The number of nitrogens with one attached hydrogen (secondary N) is 1. The number of nitrogens with zero attached hydrogens (tertiary/aromatic N) is 1. The minimum atomic E-state index is -0.142. The van der Waals surface area contributed by atoms with Crippen molar-refractivity contribution in [3.8, 4) is 0 Å². The van der Waals surface area contributed by atoms with Crippen molar-refractivity contribution >= 4 is 5.91 Å². The highest BCUT2D eigenvalue weighted by Crippen LogP contribution is 2.21. The molecule has 1 N–H and O–H groups in total. The zero-order valence-electron chi connectivity index (χ0n) is 11.9. The molecule has 1 aromatic heterocycles. The van der Waals surface area contributed by atoms with Crippen LogP contribution in [-0.4, -0.2) is 16.9 Å². The van der Waals surface area contributed by atoms with Crippen LogP contribution in [0.25, 0.3) is 0 Å². The van der Waals surface area contributed by atoms with Gasteiger partial charge >= 0.3 is 0 Å². The number of allylic oxidation sites excluding steroid dienone is 1. The summed E-state index contributed by atoms with van der Waals surface area (Å²) >= 11 is 0. The molecular formula is C15H22N2O2. The van der Waals surface area contributed by atoms with Gasteiger partial charge in [-0.2, -0.15) is 0 Å². The van der Waals surface area contributed by atoms with Gasteiger partial charge in [-0.15, -0.1) is 0 Å². The van der Waals surface area contributed by atoms with E-state index < -0.39 is 0 Å². The Hall–Kier alpha value is -1.58. The molecule has 0 spiro atoms. The fraction of sp³-hybridized carbons (Fsp3) is 0.600. The first kappa shape index (κ1) is 13.8. The maximum absolute atomic E-state index is 12.2. The predicted octanol–water partition coefficient (Wildman–Crippen LogP) is 3.42. The standard InChI is InChI=1S/C15H22N2O2/c1-10(2)14-13(16-9-19-14)15(18)17-11(3)12-7-5-4-6-8-12/h7,9-11H,4-6,8H2,1-3H3,(H,17,18). The molecule has 1 aromatic rings. The summed E-state index contributed by atoms with van der Waals surface area (Å²) in [7, 11) is 0. The van der Waals surface area contributed by atoms with Gasteiger partial charge in [0.05, 0.1) is 0 Å². The summed E-state index contributed by atoms with van der Waals surface area (Å²) < 4.78 is 5.29. The van der Waals surface area contributed by atoms with Gasteiger partial charge in [-0.3, -0.25) is 4.79 Å². The molecule has 0 fully saturated rings. The molecule has 1 heterocycles. The molecule has 0 aromatic carbocycles. The number of carbonyl (C=O) groups is 1. The zero-order valence-corrected chi connectivity index (χ0v) is 11.9. The number of hydrogen-bond donors (Lipinski definition) is 1. The number of amides is 1. The lowest BCUT2D eigenvalue weighted by molar-refractivity contribution is 0.0937. The van der Waals surface area contributed by atoms with Crippen molar-refractivity contribution in [3.05, 3.63) is 29.5 Å². The summed E-state index contributed by atoms with van der Waals surface area (Å²) in [6, 6.07) is 0.0736. The number of oxazole rings is 1. The summed E-state index contributed by atoms with van der Waals surface area (Å²) in [6.07, 6.45) is 8.27. The van der Waals surface area contributed by atoms with Gasteiger partial charge in [0.1, 0.15) is 5.76 Å². The summed E-state index contributed by atoms with van der Waals surface area (Å²) in [4.78, 5) is 16.3. The molecule has 104 valence electrons. The van der Waals surface area contributed by atoms with Crippen LogP contribution in [0, 0.1) is 0 Å². The molecule has 1 aliphatic rings. The number of aromatic nitrogens is 1. The zero-order chi connectivity index (χ0) is 13.8. The van der Waals surface area contributed by atoms with Crippen LogP contribution in [0.5, 0.6) is 0 Å². The molecule has 0 saturated carbocycles. The van der Waals surface area contributed by atoms with Crippen molar-refractivity contribution in [3.63, 3.8) is 0 Å². The largest absolute Gasteiger partial charge is 0.447 e. The van der Waals surface area contributed by atoms with E-state index in [0.29, 0.717) is 11.5 Å². The first-order valence-corrected chi connectivity index (χ1v) is 7.02. The van der Waals surface area contributed by atoms with Crippen molar-refractivity contribution in [1.82, 2.24) is 10.3 Å². The summed E-state index contributed by atoms with van der Waals surface area (Å²) in [5.41, 5.74) is 1.74. The molecule has 19 heavy (non-hydrogen) atoms. The molecule has 1 amide bonds. The third-order valence-electron chi connectivity index (χ3n) is 3.56. The Kier molecular flexibility index (Phi) is 4.40. The Morgan fingerprint density at radius 2 is 2.16 bits per heavy atom. The highest BCUT2D eigenvalue weighted by atomic mass is 16.3. The quantitative estimate of drug-likeness (QED) is 0.846. The number of rotatable bonds is 4. The van der Waals surface area contributed by atoms with E-state index in [1.165, 1.54) is 24.8 Å². The van der Waals surface area contributed by atoms with Crippen LogP contribution in [0.3, 0.4) is 0 Å². The molecule has 0 saturated heterocycles. The van der Waals surface area contributed by atoms with Crippen LogP contribution in [0.4, 0.5) is 0 Å². The molecule has 0 aliphatic heterocycles. The first-order valence-electron chi connectivity index (χ1n) is 7.02. The van der Waals surface area contributed by atoms with E-state index in [2.05, 4.69) is 16.4 Å². The van der Waals surface area contributed by atoms with E-state index in [0.717, 1.165) is 12.8 Å². The molecule has 4 heteroatoms. The van der Waals surface area contributed by atoms with Crippen LogP contribution in [-0.2, 0) is 0 Å². The average molecular weight is 262 g/mol.